The summed E-state index contributed by atoms with van der Waals surface area (Å²) in [4.78, 5) is 4.75. The number of benzene rings is 2. The lowest BCUT2D eigenvalue weighted by atomic mass is 9.77. The SMILES string of the molecule is CC1(O)CC([NH2+]C(=N)/C(C#N)=C(\N)c2ccc3ccc(-c4ccccc4)nc3c2)C1. The molecule has 6 N–H and O–H groups in total. The van der Waals surface area contributed by atoms with E-state index in [1.54, 1.807) is 12.2 Å². The molecule has 0 unspecified atom stereocenters. The molecule has 0 radical (unpaired) electrons. The molecule has 6 nitrogen and oxygen atoms in total. The molecule has 1 heterocycles. The van der Waals surface area contributed by atoms with Crippen LogP contribution in [0.1, 0.15) is 25.3 Å². The Morgan fingerprint density at radius 1 is 1.20 bits per heavy atom. The number of rotatable bonds is 4. The highest BCUT2D eigenvalue weighted by Crippen LogP contribution is 2.29. The maximum absolute atomic E-state index is 9.89. The molecule has 0 atom stereocenters. The Kier molecular flexibility index (Phi) is 5.08. The van der Waals surface area contributed by atoms with Crippen LogP contribution < -0.4 is 11.1 Å². The van der Waals surface area contributed by atoms with Gasteiger partial charge in [0, 0.05) is 29.4 Å². The molecule has 150 valence electrons. The van der Waals surface area contributed by atoms with Crippen LogP contribution in [-0.2, 0) is 0 Å². The predicted molar refractivity (Wildman–Crippen MR) is 117 cm³/mol. The van der Waals surface area contributed by atoms with E-state index in [0.29, 0.717) is 18.4 Å². The third-order valence-corrected chi connectivity index (χ3v) is 5.53. The summed E-state index contributed by atoms with van der Waals surface area (Å²) in [5.74, 6) is 0.0987. The van der Waals surface area contributed by atoms with Gasteiger partial charge >= 0.3 is 0 Å². The maximum Gasteiger partial charge on any atom is 0.237 e. The number of nitrogens with one attached hydrogen (secondary N) is 1. The van der Waals surface area contributed by atoms with Crippen molar-refractivity contribution in [2.45, 2.75) is 31.4 Å². The number of quaternary nitrogens is 1. The Bertz CT molecular complexity index is 1180. The largest absolute Gasteiger partial charge is 0.397 e. The zero-order chi connectivity index (χ0) is 21.3. The van der Waals surface area contributed by atoms with Crippen LogP contribution in [0.5, 0.6) is 0 Å². The second-order valence-electron chi connectivity index (χ2n) is 8.12. The first kappa shape index (κ1) is 19.8. The molecule has 1 fully saturated rings. The summed E-state index contributed by atoms with van der Waals surface area (Å²) in [6.07, 6.45) is 1.19. The monoisotopic (exact) mass is 398 g/mol. The first-order valence-corrected chi connectivity index (χ1v) is 9.89. The first-order chi connectivity index (χ1) is 14.4. The number of nitriles is 1. The van der Waals surface area contributed by atoms with Gasteiger partial charge in [0.1, 0.15) is 6.07 Å². The van der Waals surface area contributed by atoms with E-state index >= 15 is 0 Å². The van der Waals surface area contributed by atoms with Crippen molar-refractivity contribution in [3.63, 3.8) is 0 Å². The predicted octanol–water partition coefficient (Wildman–Crippen LogP) is 2.55. The molecule has 0 aliphatic heterocycles. The summed E-state index contributed by atoms with van der Waals surface area (Å²) in [6, 6.07) is 21.7. The molecule has 2 aromatic carbocycles. The summed E-state index contributed by atoms with van der Waals surface area (Å²) in [5.41, 5.74) is 9.35. The molecule has 30 heavy (non-hydrogen) atoms. The summed E-state index contributed by atoms with van der Waals surface area (Å²) in [5, 5.41) is 30.5. The van der Waals surface area contributed by atoms with E-state index < -0.39 is 5.60 Å². The summed E-state index contributed by atoms with van der Waals surface area (Å²) in [6.45, 7) is 1.78. The zero-order valence-electron chi connectivity index (χ0n) is 16.8. The highest BCUT2D eigenvalue weighted by molar-refractivity contribution is 6.01. The summed E-state index contributed by atoms with van der Waals surface area (Å²) in [7, 11) is 0. The van der Waals surface area contributed by atoms with Gasteiger partial charge < -0.3 is 10.8 Å². The third kappa shape index (κ3) is 3.94. The second-order valence-corrected chi connectivity index (χ2v) is 8.12. The minimum atomic E-state index is -0.677. The number of pyridine rings is 1. The van der Waals surface area contributed by atoms with Crippen LogP contribution in [0.2, 0.25) is 0 Å². The van der Waals surface area contributed by atoms with Crippen molar-refractivity contribution in [3.8, 4) is 17.3 Å². The van der Waals surface area contributed by atoms with E-state index in [9.17, 15) is 10.4 Å². The van der Waals surface area contributed by atoms with E-state index in [-0.39, 0.29) is 23.1 Å². The fourth-order valence-corrected chi connectivity index (χ4v) is 3.97. The lowest BCUT2D eigenvalue weighted by Gasteiger charge is -2.38. The smallest absolute Gasteiger partial charge is 0.237 e. The minimum absolute atomic E-state index is 0.0929. The molecule has 6 heteroatoms. The second kappa shape index (κ2) is 7.71. The number of fused-ring (bicyclic) bond motifs is 1. The highest BCUT2D eigenvalue weighted by Gasteiger charge is 2.42. The number of nitrogens with zero attached hydrogens (tertiary/aromatic N) is 2. The van der Waals surface area contributed by atoms with Gasteiger partial charge in [-0.3, -0.25) is 5.32 Å². The quantitative estimate of drug-likeness (QED) is 0.306. The summed E-state index contributed by atoms with van der Waals surface area (Å²) < 4.78 is 0. The molecular formula is C24H24N5O+. The van der Waals surface area contributed by atoms with Crippen LogP contribution in [0.4, 0.5) is 0 Å². The van der Waals surface area contributed by atoms with Crippen LogP contribution in [0.15, 0.2) is 66.2 Å². The molecule has 4 rings (SSSR count). The Morgan fingerprint density at radius 3 is 2.57 bits per heavy atom. The molecule has 0 spiro atoms. The fourth-order valence-electron chi connectivity index (χ4n) is 3.97. The average Bonchev–Trinajstić information content (AvgIpc) is 2.72. The molecule has 3 aromatic rings. The van der Waals surface area contributed by atoms with E-state index in [2.05, 4.69) is 6.07 Å². The maximum atomic E-state index is 9.89. The van der Waals surface area contributed by atoms with Gasteiger partial charge in [-0.25, -0.2) is 10.4 Å². The van der Waals surface area contributed by atoms with Gasteiger partial charge in [0.05, 0.1) is 28.6 Å². The van der Waals surface area contributed by atoms with Gasteiger partial charge in [0.15, 0.2) is 5.57 Å². The molecule has 1 saturated carbocycles. The van der Waals surface area contributed by atoms with Crippen molar-refractivity contribution in [2.75, 3.05) is 0 Å². The lowest BCUT2D eigenvalue weighted by Crippen LogP contribution is -2.97. The van der Waals surface area contributed by atoms with E-state index in [0.717, 1.165) is 22.2 Å². The zero-order valence-corrected chi connectivity index (χ0v) is 16.8. The van der Waals surface area contributed by atoms with Crippen molar-refractivity contribution >= 4 is 22.4 Å². The first-order valence-electron chi connectivity index (χ1n) is 9.89. The van der Waals surface area contributed by atoms with Gasteiger partial charge in [-0.15, -0.1) is 0 Å². The normalized spacial score (nSPS) is 21.4. The molecule has 1 aliphatic rings. The molecule has 0 amide bonds. The van der Waals surface area contributed by atoms with Gasteiger partial charge in [-0.05, 0) is 19.1 Å². The number of nitrogens with two attached hydrogens (primary N) is 2. The Hall–Kier alpha value is -3.53. The topological polar surface area (TPSA) is 123 Å². The summed E-state index contributed by atoms with van der Waals surface area (Å²) >= 11 is 0. The van der Waals surface area contributed by atoms with Crippen LogP contribution in [0.3, 0.4) is 0 Å². The van der Waals surface area contributed by atoms with Gasteiger partial charge in [0.2, 0.25) is 5.84 Å². The van der Waals surface area contributed by atoms with Crippen molar-refractivity contribution < 1.29 is 10.4 Å². The van der Waals surface area contributed by atoms with Crippen LogP contribution in [0.25, 0.3) is 27.9 Å². The van der Waals surface area contributed by atoms with Crippen LogP contribution >= 0.6 is 0 Å². The number of aromatic nitrogens is 1. The van der Waals surface area contributed by atoms with E-state index in [4.69, 9.17) is 16.1 Å². The van der Waals surface area contributed by atoms with E-state index in [1.165, 1.54) is 0 Å². The molecule has 0 bridgehead atoms. The fraction of sp³-hybridized carbons (Fsp3) is 0.208. The van der Waals surface area contributed by atoms with E-state index in [1.807, 2.05) is 60.7 Å². The minimum Gasteiger partial charge on any atom is -0.397 e. The van der Waals surface area contributed by atoms with Crippen molar-refractivity contribution in [1.29, 1.82) is 10.7 Å². The number of hydrogen-bond donors (Lipinski definition) is 4. The van der Waals surface area contributed by atoms with Crippen LogP contribution in [-0.4, -0.2) is 27.6 Å². The van der Waals surface area contributed by atoms with Crippen molar-refractivity contribution in [2.24, 2.45) is 5.73 Å². The van der Waals surface area contributed by atoms with Crippen molar-refractivity contribution in [3.05, 3.63) is 71.8 Å². The number of aliphatic hydroxyl groups is 1. The average molecular weight is 398 g/mol. The lowest BCUT2D eigenvalue weighted by molar-refractivity contribution is -0.603. The van der Waals surface area contributed by atoms with Gasteiger partial charge in [-0.2, -0.15) is 5.26 Å². The van der Waals surface area contributed by atoms with Crippen LogP contribution in [0, 0.1) is 16.7 Å². The molecular weight excluding hydrogens is 374 g/mol. The van der Waals surface area contributed by atoms with Gasteiger partial charge in [-0.1, -0.05) is 48.5 Å². The molecule has 1 aliphatic carbocycles. The molecule has 0 saturated heterocycles. The third-order valence-electron chi connectivity index (χ3n) is 5.53. The Balaban J connectivity index is 1.65. The van der Waals surface area contributed by atoms with Gasteiger partial charge in [0.25, 0.3) is 0 Å². The number of hydrogen-bond acceptors (Lipinski definition) is 5. The molecule has 1 aromatic heterocycles. The van der Waals surface area contributed by atoms with Crippen molar-refractivity contribution in [1.82, 2.24) is 4.98 Å². The standard InChI is InChI=1S/C24H23N5O/c1-24(30)12-18(13-24)28-23(27)19(14-25)22(26)17-8-7-16-9-10-20(29-21(16)11-17)15-5-3-2-4-6-15/h2-11,18,30H,12-13,26H2,1H3,(H2,27,28)/p+1/b22-19-. The Morgan fingerprint density at radius 2 is 1.90 bits per heavy atom. The Labute approximate surface area is 175 Å². The highest BCUT2D eigenvalue weighted by atomic mass is 16.3. The number of amidine groups is 1.